The zero-order valence-electron chi connectivity index (χ0n) is 13.0. The summed E-state index contributed by atoms with van der Waals surface area (Å²) in [6.07, 6.45) is 1.80. The first-order valence-electron chi connectivity index (χ1n) is 7.54. The SMILES string of the molecule is CN1CCN(c2ncccc2CNC(=O)c2ccc(Cl)s2)CC1. The Morgan fingerprint density at radius 2 is 2.09 bits per heavy atom. The molecule has 0 unspecified atom stereocenters. The van der Waals surface area contributed by atoms with Gasteiger partial charge >= 0.3 is 0 Å². The smallest absolute Gasteiger partial charge is 0.261 e. The highest BCUT2D eigenvalue weighted by Gasteiger charge is 2.18. The molecular weight excluding hydrogens is 332 g/mol. The number of likely N-dealkylation sites (N-methyl/N-ethyl adjacent to an activating group) is 1. The third kappa shape index (κ3) is 4.02. The van der Waals surface area contributed by atoms with Crippen LogP contribution in [0.15, 0.2) is 30.5 Å². The molecule has 0 aliphatic carbocycles. The maximum absolute atomic E-state index is 12.2. The number of halogens is 1. The van der Waals surface area contributed by atoms with E-state index in [0.717, 1.165) is 37.6 Å². The highest BCUT2D eigenvalue weighted by molar-refractivity contribution is 7.17. The summed E-state index contributed by atoms with van der Waals surface area (Å²) in [5.41, 5.74) is 1.04. The second-order valence-corrected chi connectivity index (χ2v) is 7.28. The Kier molecular flexibility index (Phi) is 5.15. The van der Waals surface area contributed by atoms with Gasteiger partial charge in [0.15, 0.2) is 0 Å². The second kappa shape index (κ2) is 7.29. The lowest BCUT2D eigenvalue weighted by molar-refractivity contribution is 0.0955. The van der Waals surface area contributed by atoms with Crippen molar-refractivity contribution < 1.29 is 4.79 Å². The summed E-state index contributed by atoms with van der Waals surface area (Å²) >= 11 is 7.16. The van der Waals surface area contributed by atoms with E-state index in [9.17, 15) is 4.79 Å². The van der Waals surface area contributed by atoms with Crippen LogP contribution in [0.1, 0.15) is 15.2 Å². The van der Waals surface area contributed by atoms with Crippen molar-refractivity contribution in [3.05, 3.63) is 45.2 Å². The average molecular weight is 351 g/mol. The highest BCUT2D eigenvalue weighted by Crippen LogP contribution is 2.22. The van der Waals surface area contributed by atoms with E-state index in [1.807, 2.05) is 12.1 Å². The van der Waals surface area contributed by atoms with Gasteiger partial charge < -0.3 is 15.1 Å². The maximum Gasteiger partial charge on any atom is 0.261 e. The van der Waals surface area contributed by atoms with E-state index in [0.29, 0.717) is 15.8 Å². The lowest BCUT2D eigenvalue weighted by Crippen LogP contribution is -2.45. The molecule has 0 saturated carbocycles. The minimum atomic E-state index is -0.102. The normalized spacial score (nSPS) is 15.7. The summed E-state index contributed by atoms with van der Waals surface area (Å²) in [6, 6.07) is 7.40. The summed E-state index contributed by atoms with van der Waals surface area (Å²) in [5, 5.41) is 2.95. The molecule has 3 heterocycles. The number of nitrogens with one attached hydrogen (secondary N) is 1. The summed E-state index contributed by atoms with van der Waals surface area (Å²) < 4.78 is 0.620. The molecule has 1 aliphatic heterocycles. The molecule has 1 aliphatic rings. The summed E-state index contributed by atoms with van der Waals surface area (Å²) in [6.45, 7) is 4.42. The zero-order valence-corrected chi connectivity index (χ0v) is 14.5. The van der Waals surface area contributed by atoms with Crippen molar-refractivity contribution in [2.75, 3.05) is 38.1 Å². The predicted octanol–water partition coefficient (Wildman–Crippen LogP) is 2.48. The van der Waals surface area contributed by atoms with Gasteiger partial charge in [0.1, 0.15) is 5.82 Å². The standard InChI is InChI=1S/C16H19ClN4OS/c1-20-7-9-21(10-8-20)15-12(3-2-6-18-15)11-19-16(22)13-4-5-14(17)23-13/h2-6H,7-11H2,1H3,(H,19,22). The first kappa shape index (κ1) is 16.2. The van der Waals surface area contributed by atoms with Gasteiger partial charge in [0.2, 0.25) is 0 Å². The quantitative estimate of drug-likeness (QED) is 0.920. The second-order valence-electron chi connectivity index (χ2n) is 5.56. The van der Waals surface area contributed by atoms with Crippen molar-refractivity contribution in [1.29, 1.82) is 0 Å². The van der Waals surface area contributed by atoms with E-state index in [1.165, 1.54) is 11.3 Å². The van der Waals surface area contributed by atoms with Crippen molar-refractivity contribution in [1.82, 2.24) is 15.2 Å². The van der Waals surface area contributed by atoms with Crippen LogP contribution in [0.4, 0.5) is 5.82 Å². The number of amides is 1. The van der Waals surface area contributed by atoms with Crippen LogP contribution in [-0.4, -0.2) is 49.0 Å². The number of pyridine rings is 1. The molecule has 7 heteroatoms. The van der Waals surface area contributed by atoms with Crippen LogP contribution >= 0.6 is 22.9 Å². The number of rotatable bonds is 4. The topological polar surface area (TPSA) is 48.5 Å². The number of hydrogen-bond donors (Lipinski definition) is 1. The van der Waals surface area contributed by atoms with Gasteiger partial charge in [-0.2, -0.15) is 0 Å². The third-order valence-electron chi connectivity index (χ3n) is 3.91. The Hall–Kier alpha value is -1.63. The summed E-state index contributed by atoms with van der Waals surface area (Å²) in [4.78, 5) is 21.9. The minimum absolute atomic E-state index is 0.102. The van der Waals surface area contributed by atoms with Crippen LogP contribution in [0.3, 0.4) is 0 Å². The first-order valence-corrected chi connectivity index (χ1v) is 8.74. The molecule has 0 aromatic carbocycles. The molecule has 1 fully saturated rings. The van der Waals surface area contributed by atoms with Gasteiger partial charge in [-0.3, -0.25) is 4.79 Å². The van der Waals surface area contributed by atoms with Crippen LogP contribution in [0.5, 0.6) is 0 Å². The molecule has 5 nitrogen and oxygen atoms in total. The fourth-order valence-electron chi connectivity index (χ4n) is 2.57. The molecule has 0 spiro atoms. The van der Waals surface area contributed by atoms with Gasteiger partial charge in [-0.25, -0.2) is 4.98 Å². The third-order valence-corrected chi connectivity index (χ3v) is 5.14. The van der Waals surface area contributed by atoms with Crippen molar-refractivity contribution >= 4 is 34.7 Å². The van der Waals surface area contributed by atoms with Gasteiger partial charge in [-0.05, 0) is 25.2 Å². The molecule has 2 aromatic heterocycles. The van der Waals surface area contributed by atoms with Crippen LogP contribution in [0, 0.1) is 0 Å². The Morgan fingerprint density at radius 3 is 2.78 bits per heavy atom. The largest absolute Gasteiger partial charge is 0.354 e. The van der Waals surface area contributed by atoms with Crippen molar-refractivity contribution in [2.24, 2.45) is 0 Å². The van der Waals surface area contributed by atoms with Crippen LogP contribution in [-0.2, 0) is 6.54 Å². The number of aromatic nitrogens is 1. The Morgan fingerprint density at radius 1 is 1.30 bits per heavy atom. The van der Waals surface area contributed by atoms with Crippen molar-refractivity contribution in [2.45, 2.75) is 6.54 Å². The van der Waals surface area contributed by atoms with Gasteiger partial charge in [0, 0.05) is 44.5 Å². The van der Waals surface area contributed by atoms with Crippen LogP contribution in [0.25, 0.3) is 0 Å². The van der Waals surface area contributed by atoms with Crippen LogP contribution in [0.2, 0.25) is 4.34 Å². The van der Waals surface area contributed by atoms with Gasteiger partial charge in [0.25, 0.3) is 5.91 Å². The molecule has 1 amide bonds. The fraction of sp³-hybridized carbons (Fsp3) is 0.375. The average Bonchev–Trinajstić information content (AvgIpc) is 3.00. The van der Waals surface area contributed by atoms with Gasteiger partial charge in [-0.15, -0.1) is 11.3 Å². The van der Waals surface area contributed by atoms with Crippen LogP contribution < -0.4 is 10.2 Å². The Bertz CT molecular complexity index is 682. The molecule has 0 atom stereocenters. The fourth-order valence-corrected chi connectivity index (χ4v) is 3.53. The van der Waals surface area contributed by atoms with E-state index in [-0.39, 0.29) is 5.91 Å². The molecule has 1 N–H and O–H groups in total. The van der Waals surface area contributed by atoms with E-state index < -0.39 is 0 Å². The van der Waals surface area contributed by atoms with Crippen molar-refractivity contribution in [3.63, 3.8) is 0 Å². The molecule has 0 bridgehead atoms. The van der Waals surface area contributed by atoms with E-state index in [1.54, 1.807) is 18.3 Å². The number of thiophene rings is 1. The van der Waals surface area contributed by atoms with Gasteiger partial charge in [0.05, 0.1) is 9.21 Å². The number of carbonyl (C=O) groups is 1. The molecule has 3 rings (SSSR count). The minimum Gasteiger partial charge on any atom is -0.354 e. The van der Waals surface area contributed by atoms with E-state index in [2.05, 4.69) is 27.1 Å². The van der Waals surface area contributed by atoms with E-state index >= 15 is 0 Å². The molecule has 2 aromatic rings. The summed E-state index contributed by atoms with van der Waals surface area (Å²) in [5.74, 6) is 0.861. The van der Waals surface area contributed by atoms with Gasteiger partial charge in [-0.1, -0.05) is 17.7 Å². The molecule has 1 saturated heterocycles. The predicted molar refractivity (Wildman–Crippen MR) is 94.4 cm³/mol. The molecular formula is C16H19ClN4OS. The maximum atomic E-state index is 12.2. The first-order chi connectivity index (χ1) is 11.1. The Labute approximate surface area is 144 Å². The monoisotopic (exact) mass is 350 g/mol. The molecule has 0 radical (unpaired) electrons. The summed E-state index contributed by atoms with van der Waals surface area (Å²) in [7, 11) is 2.13. The number of anilines is 1. The molecule has 122 valence electrons. The number of nitrogens with zero attached hydrogens (tertiary/aromatic N) is 3. The number of carbonyl (C=O) groups excluding carboxylic acids is 1. The zero-order chi connectivity index (χ0) is 16.2. The highest BCUT2D eigenvalue weighted by atomic mass is 35.5. The number of hydrogen-bond acceptors (Lipinski definition) is 5. The van der Waals surface area contributed by atoms with E-state index in [4.69, 9.17) is 11.6 Å². The Balaban J connectivity index is 1.67. The lowest BCUT2D eigenvalue weighted by Gasteiger charge is -2.34. The molecule has 23 heavy (non-hydrogen) atoms. The lowest BCUT2D eigenvalue weighted by atomic mass is 10.2. The number of piperazine rings is 1. The van der Waals surface area contributed by atoms with Crippen molar-refractivity contribution in [3.8, 4) is 0 Å².